The molecular formula is C23H17ClN2O4S2. The number of hydrogen-bond donors (Lipinski definition) is 0. The van der Waals surface area contributed by atoms with Crippen LogP contribution >= 0.6 is 22.9 Å². The van der Waals surface area contributed by atoms with Gasteiger partial charge in [0.05, 0.1) is 26.5 Å². The molecule has 0 saturated carbocycles. The summed E-state index contributed by atoms with van der Waals surface area (Å²) in [4.78, 5) is 17.0. The Bertz CT molecular complexity index is 1420. The number of benzene rings is 3. The van der Waals surface area contributed by atoms with Crippen LogP contribution in [0.3, 0.4) is 0 Å². The highest BCUT2D eigenvalue weighted by atomic mass is 35.5. The molecule has 3 aromatic carbocycles. The van der Waals surface area contributed by atoms with Crippen molar-refractivity contribution in [2.24, 2.45) is 0 Å². The molecule has 1 aliphatic heterocycles. The Morgan fingerprint density at radius 1 is 1.09 bits per heavy atom. The second-order valence-corrected chi connectivity index (χ2v) is 10.6. The van der Waals surface area contributed by atoms with E-state index >= 15 is 0 Å². The number of ether oxygens (including phenoxy) is 1. The minimum absolute atomic E-state index is 0.00237. The number of esters is 1. The highest BCUT2D eigenvalue weighted by Gasteiger charge is 2.32. The SMILES string of the molecule is O=C(OCc1nc2ccccc2s1)c1ccc(Cl)c(S(=O)(=O)N2CCc3ccccc32)c1. The van der Waals surface area contributed by atoms with E-state index in [4.69, 9.17) is 16.3 Å². The summed E-state index contributed by atoms with van der Waals surface area (Å²) in [5.74, 6) is -0.640. The van der Waals surface area contributed by atoms with Crippen molar-refractivity contribution in [3.8, 4) is 0 Å². The van der Waals surface area contributed by atoms with Crippen LogP contribution in [0.1, 0.15) is 20.9 Å². The average molecular weight is 485 g/mol. The molecule has 9 heteroatoms. The van der Waals surface area contributed by atoms with Crippen molar-refractivity contribution in [2.45, 2.75) is 17.9 Å². The molecule has 32 heavy (non-hydrogen) atoms. The summed E-state index contributed by atoms with van der Waals surface area (Å²) in [5, 5.41) is 0.715. The van der Waals surface area contributed by atoms with Gasteiger partial charge < -0.3 is 4.74 Å². The Balaban J connectivity index is 1.39. The second kappa shape index (κ2) is 8.20. The molecule has 2 heterocycles. The van der Waals surface area contributed by atoms with Crippen LogP contribution in [-0.2, 0) is 27.8 Å². The normalized spacial score (nSPS) is 13.3. The largest absolute Gasteiger partial charge is 0.455 e. The smallest absolute Gasteiger partial charge is 0.338 e. The lowest BCUT2D eigenvalue weighted by molar-refractivity contribution is 0.0472. The van der Waals surface area contributed by atoms with Crippen LogP contribution in [0.4, 0.5) is 5.69 Å². The monoisotopic (exact) mass is 484 g/mol. The van der Waals surface area contributed by atoms with Crippen molar-refractivity contribution < 1.29 is 17.9 Å². The molecule has 162 valence electrons. The predicted octanol–water partition coefficient (Wildman–Crippen LogP) is 5.06. The molecule has 0 atom stereocenters. The lowest BCUT2D eigenvalue weighted by atomic mass is 10.2. The zero-order chi connectivity index (χ0) is 22.3. The first-order valence-corrected chi connectivity index (χ1v) is 12.5. The van der Waals surface area contributed by atoms with Gasteiger partial charge in [0, 0.05) is 6.54 Å². The van der Waals surface area contributed by atoms with Gasteiger partial charge in [-0.25, -0.2) is 18.2 Å². The van der Waals surface area contributed by atoms with E-state index < -0.39 is 16.0 Å². The summed E-state index contributed by atoms with van der Waals surface area (Å²) in [6, 6.07) is 19.1. The first kappa shape index (κ1) is 20.9. The van der Waals surface area contributed by atoms with Gasteiger partial charge in [0.15, 0.2) is 0 Å². The Labute approximate surface area is 194 Å². The van der Waals surface area contributed by atoms with Crippen LogP contribution in [-0.4, -0.2) is 25.9 Å². The van der Waals surface area contributed by atoms with Gasteiger partial charge in [0.1, 0.15) is 16.5 Å². The van der Waals surface area contributed by atoms with E-state index in [1.807, 2.05) is 36.4 Å². The number of para-hydroxylation sites is 2. The summed E-state index contributed by atoms with van der Waals surface area (Å²) >= 11 is 7.69. The zero-order valence-electron chi connectivity index (χ0n) is 16.7. The maximum atomic E-state index is 13.4. The Kier molecular flexibility index (Phi) is 5.36. The van der Waals surface area contributed by atoms with Crippen molar-refractivity contribution >= 4 is 54.8 Å². The molecule has 4 aromatic rings. The number of carbonyl (C=O) groups excluding carboxylic acids is 1. The molecule has 1 aromatic heterocycles. The van der Waals surface area contributed by atoms with Crippen molar-refractivity contribution in [1.82, 2.24) is 4.98 Å². The molecular weight excluding hydrogens is 468 g/mol. The average Bonchev–Trinajstić information content (AvgIpc) is 3.42. The molecule has 0 saturated heterocycles. The molecule has 0 N–H and O–H groups in total. The van der Waals surface area contributed by atoms with Crippen LogP contribution in [0.25, 0.3) is 10.2 Å². The first-order chi connectivity index (χ1) is 15.4. The Morgan fingerprint density at radius 2 is 1.88 bits per heavy atom. The number of rotatable bonds is 5. The van der Waals surface area contributed by atoms with Gasteiger partial charge in [0.2, 0.25) is 0 Å². The topological polar surface area (TPSA) is 76.6 Å². The van der Waals surface area contributed by atoms with Gasteiger partial charge in [0.25, 0.3) is 10.0 Å². The lowest BCUT2D eigenvalue weighted by Crippen LogP contribution is -2.29. The molecule has 5 rings (SSSR count). The molecule has 1 aliphatic rings. The number of thiazole rings is 1. The quantitative estimate of drug-likeness (QED) is 0.370. The van der Waals surface area contributed by atoms with E-state index in [2.05, 4.69) is 4.98 Å². The number of aromatic nitrogens is 1. The van der Waals surface area contributed by atoms with Crippen molar-refractivity contribution in [3.63, 3.8) is 0 Å². The van der Waals surface area contributed by atoms with Crippen molar-refractivity contribution in [3.05, 3.63) is 87.9 Å². The van der Waals surface area contributed by atoms with E-state index in [1.165, 1.54) is 33.8 Å². The number of nitrogens with zero attached hydrogens (tertiary/aromatic N) is 2. The third kappa shape index (κ3) is 3.74. The van der Waals surface area contributed by atoms with Gasteiger partial charge in [-0.3, -0.25) is 4.31 Å². The third-order valence-electron chi connectivity index (χ3n) is 5.24. The number of hydrogen-bond acceptors (Lipinski definition) is 6. The predicted molar refractivity (Wildman–Crippen MR) is 125 cm³/mol. The Morgan fingerprint density at radius 3 is 2.72 bits per heavy atom. The van der Waals surface area contributed by atoms with Crippen molar-refractivity contribution in [1.29, 1.82) is 0 Å². The number of anilines is 1. The number of carbonyl (C=O) groups is 1. The maximum Gasteiger partial charge on any atom is 0.338 e. The molecule has 0 aliphatic carbocycles. The van der Waals surface area contributed by atoms with Gasteiger partial charge in [-0.1, -0.05) is 41.9 Å². The van der Waals surface area contributed by atoms with Gasteiger partial charge >= 0.3 is 5.97 Å². The molecule has 0 fully saturated rings. The first-order valence-electron chi connectivity index (χ1n) is 9.85. The molecule has 0 spiro atoms. The van der Waals surface area contributed by atoms with E-state index in [1.54, 1.807) is 12.1 Å². The fourth-order valence-electron chi connectivity index (χ4n) is 3.70. The van der Waals surface area contributed by atoms with Gasteiger partial charge in [-0.2, -0.15) is 0 Å². The summed E-state index contributed by atoms with van der Waals surface area (Å²) < 4.78 is 34.4. The van der Waals surface area contributed by atoms with Gasteiger partial charge in [-0.15, -0.1) is 11.3 Å². The summed E-state index contributed by atoms with van der Waals surface area (Å²) in [7, 11) is -3.94. The lowest BCUT2D eigenvalue weighted by Gasteiger charge is -2.20. The Hall–Kier alpha value is -2.94. The van der Waals surface area contributed by atoms with Crippen molar-refractivity contribution in [2.75, 3.05) is 10.8 Å². The second-order valence-electron chi connectivity index (χ2n) is 7.25. The summed E-state index contributed by atoms with van der Waals surface area (Å²) in [5.41, 5.74) is 2.54. The summed E-state index contributed by atoms with van der Waals surface area (Å²) in [6.45, 7) is 0.326. The molecule has 0 unspecified atom stereocenters. The van der Waals surface area contributed by atoms with E-state index in [-0.39, 0.29) is 22.1 Å². The number of fused-ring (bicyclic) bond motifs is 2. The van der Waals surface area contributed by atoms with Crippen LogP contribution in [0, 0.1) is 0 Å². The summed E-state index contributed by atoms with van der Waals surface area (Å²) in [6.07, 6.45) is 0.622. The van der Waals surface area contributed by atoms with Crippen LogP contribution in [0.15, 0.2) is 71.6 Å². The highest BCUT2D eigenvalue weighted by Crippen LogP contribution is 2.35. The van der Waals surface area contributed by atoms with E-state index in [9.17, 15) is 13.2 Å². The number of sulfonamides is 1. The molecule has 0 bridgehead atoms. The van der Waals surface area contributed by atoms with Gasteiger partial charge in [-0.05, 0) is 48.4 Å². The number of halogens is 1. The highest BCUT2D eigenvalue weighted by molar-refractivity contribution is 7.93. The molecule has 6 nitrogen and oxygen atoms in total. The third-order valence-corrected chi connectivity index (χ3v) is 8.55. The zero-order valence-corrected chi connectivity index (χ0v) is 19.1. The van der Waals surface area contributed by atoms with E-state index in [0.717, 1.165) is 15.8 Å². The maximum absolute atomic E-state index is 13.4. The fourth-order valence-corrected chi connectivity index (χ4v) is 6.58. The van der Waals surface area contributed by atoms with Crippen LogP contribution in [0.5, 0.6) is 0 Å². The molecule has 0 radical (unpaired) electrons. The minimum atomic E-state index is -3.94. The molecule has 0 amide bonds. The standard InChI is InChI=1S/C23H17ClN2O4S2/c24-17-10-9-16(23(27)30-14-22-25-18-6-2-4-8-20(18)31-22)13-21(17)32(28,29)26-12-11-15-5-1-3-7-19(15)26/h1-10,13H,11-12,14H2. The minimum Gasteiger partial charge on any atom is -0.455 e. The van der Waals surface area contributed by atoms with Crippen LogP contribution in [0.2, 0.25) is 5.02 Å². The van der Waals surface area contributed by atoms with E-state index in [0.29, 0.717) is 23.7 Å². The van der Waals surface area contributed by atoms with Crippen LogP contribution < -0.4 is 4.31 Å². The fraction of sp³-hybridized carbons (Fsp3) is 0.130.